The fourth-order valence-electron chi connectivity index (χ4n) is 4.42. The lowest BCUT2D eigenvalue weighted by Crippen LogP contribution is -2.48. The number of aliphatic imine (C=N–C) groups is 1. The summed E-state index contributed by atoms with van der Waals surface area (Å²) in [6.07, 6.45) is 5.29. The molecule has 182 valence electrons. The van der Waals surface area contributed by atoms with Gasteiger partial charge in [-0.3, -0.25) is 9.89 Å². The molecule has 0 unspecified atom stereocenters. The summed E-state index contributed by atoms with van der Waals surface area (Å²) in [4.78, 5) is 7.37. The van der Waals surface area contributed by atoms with Gasteiger partial charge in [-0.25, -0.2) is 12.7 Å². The van der Waals surface area contributed by atoms with Crippen molar-refractivity contribution < 1.29 is 8.42 Å². The highest BCUT2D eigenvalue weighted by Crippen LogP contribution is 2.20. The molecule has 0 radical (unpaired) electrons. The molecule has 2 heterocycles. The maximum Gasteiger partial charge on any atom is 0.211 e. The van der Waals surface area contributed by atoms with Gasteiger partial charge >= 0.3 is 0 Å². The maximum absolute atomic E-state index is 11.7. The summed E-state index contributed by atoms with van der Waals surface area (Å²) >= 11 is 0. The van der Waals surface area contributed by atoms with Crippen LogP contribution in [0.5, 0.6) is 0 Å². The Morgan fingerprint density at radius 1 is 1.09 bits per heavy atom. The van der Waals surface area contributed by atoms with E-state index < -0.39 is 10.0 Å². The fourth-order valence-corrected chi connectivity index (χ4v) is 5.30. The largest absolute Gasteiger partial charge is 0.357 e. The molecule has 0 atom stereocenters. The summed E-state index contributed by atoms with van der Waals surface area (Å²) in [7, 11) is -3.07. The third-order valence-corrected chi connectivity index (χ3v) is 7.78. The van der Waals surface area contributed by atoms with E-state index in [1.807, 2.05) is 0 Å². The Kier molecular flexibility index (Phi) is 11.2. The van der Waals surface area contributed by atoms with Gasteiger partial charge in [-0.05, 0) is 56.6 Å². The molecule has 0 bridgehead atoms. The molecule has 1 aromatic rings. The van der Waals surface area contributed by atoms with Gasteiger partial charge in [0.15, 0.2) is 5.96 Å². The monoisotopic (exact) mass is 577 g/mol. The van der Waals surface area contributed by atoms with Crippen LogP contribution in [-0.2, 0) is 16.6 Å². The average Bonchev–Trinajstić information content (AvgIpc) is 2.75. The number of likely N-dealkylation sites (tertiary alicyclic amines) is 1. The van der Waals surface area contributed by atoms with E-state index in [4.69, 9.17) is 4.99 Å². The molecule has 2 aliphatic heterocycles. The molecule has 0 spiro atoms. The number of hydrogen-bond acceptors (Lipinski definition) is 4. The molecule has 3 rings (SSSR count). The van der Waals surface area contributed by atoms with E-state index in [0.29, 0.717) is 25.0 Å². The summed E-state index contributed by atoms with van der Waals surface area (Å²) in [5, 5.41) is 7.01. The highest BCUT2D eigenvalue weighted by Gasteiger charge is 2.25. The van der Waals surface area contributed by atoms with Gasteiger partial charge in [0.1, 0.15) is 0 Å². The van der Waals surface area contributed by atoms with Crippen LogP contribution in [0.15, 0.2) is 29.3 Å². The lowest BCUT2D eigenvalue weighted by molar-refractivity contribution is 0.198. The number of nitrogens with one attached hydrogen (secondary N) is 2. The average molecular weight is 578 g/mol. The van der Waals surface area contributed by atoms with Crippen LogP contribution in [0.4, 0.5) is 0 Å². The van der Waals surface area contributed by atoms with Gasteiger partial charge < -0.3 is 10.6 Å². The van der Waals surface area contributed by atoms with E-state index in [0.717, 1.165) is 64.4 Å². The van der Waals surface area contributed by atoms with Crippen LogP contribution in [-0.4, -0.2) is 75.1 Å². The molecule has 1 aromatic carbocycles. The Bertz CT molecular complexity index is 833. The zero-order valence-corrected chi connectivity index (χ0v) is 22.9. The minimum absolute atomic E-state index is 0. The van der Waals surface area contributed by atoms with Gasteiger partial charge in [-0.1, -0.05) is 24.3 Å². The Hall–Kier alpha value is -0.910. The third-order valence-electron chi connectivity index (χ3n) is 6.48. The zero-order valence-electron chi connectivity index (χ0n) is 19.7. The van der Waals surface area contributed by atoms with Gasteiger partial charge in [-0.2, -0.15) is 0 Å². The van der Waals surface area contributed by atoms with Crippen molar-refractivity contribution in [2.45, 2.75) is 52.1 Å². The lowest BCUT2D eigenvalue weighted by Gasteiger charge is -2.33. The molecular weight excluding hydrogens is 537 g/mol. The number of aryl methyl sites for hydroxylation is 1. The normalized spacial score (nSPS) is 20.0. The summed E-state index contributed by atoms with van der Waals surface area (Å²) in [5.41, 5.74) is 2.79. The van der Waals surface area contributed by atoms with E-state index in [1.165, 1.54) is 17.4 Å². The molecule has 32 heavy (non-hydrogen) atoms. The van der Waals surface area contributed by atoms with Gasteiger partial charge in [-0.15, -0.1) is 24.0 Å². The molecule has 9 heteroatoms. The van der Waals surface area contributed by atoms with E-state index in [1.54, 1.807) is 4.31 Å². The van der Waals surface area contributed by atoms with Crippen LogP contribution in [0.2, 0.25) is 0 Å². The quantitative estimate of drug-likeness (QED) is 0.296. The van der Waals surface area contributed by atoms with Crippen molar-refractivity contribution in [2.24, 2.45) is 10.9 Å². The predicted molar refractivity (Wildman–Crippen MR) is 143 cm³/mol. The van der Waals surface area contributed by atoms with Crippen LogP contribution in [0.25, 0.3) is 0 Å². The van der Waals surface area contributed by atoms with Gasteiger partial charge in [0.25, 0.3) is 0 Å². The number of guanidine groups is 1. The molecule has 0 aliphatic carbocycles. The summed E-state index contributed by atoms with van der Waals surface area (Å²) in [5.74, 6) is 1.34. The molecule has 0 amide bonds. The lowest BCUT2D eigenvalue weighted by atomic mass is 9.98. The predicted octanol–water partition coefficient (Wildman–Crippen LogP) is 2.80. The van der Waals surface area contributed by atoms with Gasteiger partial charge in [0, 0.05) is 51.9 Å². The molecular formula is C23H40IN5O2S. The number of piperidine rings is 2. The second-order valence-corrected chi connectivity index (χ2v) is 10.9. The van der Waals surface area contributed by atoms with Crippen LogP contribution < -0.4 is 10.6 Å². The van der Waals surface area contributed by atoms with Crippen molar-refractivity contribution in [1.29, 1.82) is 0 Å². The number of halogens is 1. The number of benzene rings is 1. The van der Waals surface area contributed by atoms with Crippen molar-refractivity contribution in [2.75, 3.05) is 45.5 Å². The highest BCUT2D eigenvalue weighted by atomic mass is 127. The van der Waals surface area contributed by atoms with Crippen molar-refractivity contribution in [3.05, 3.63) is 35.4 Å². The maximum atomic E-state index is 11.7. The highest BCUT2D eigenvalue weighted by molar-refractivity contribution is 14.0. The Balaban J connectivity index is 0.00000363. The number of nitrogens with zero attached hydrogens (tertiary/aromatic N) is 3. The van der Waals surface area contributed by atoms with Crippen LogP contribution in [0.3, 0.4) is 0 Å². The molecule has 0 aromatic heterocycles. The first-order chi connectivity index (χ1) is 14.8. The molecule has 7 nitrogen and oxygen atoms in total. The smallest absolute Gasteiger partial charge is 0.211 e. The Morgan fingerprint density at radius 3 is 2.34 bits per heavy atom. The second-order valence-electron chi connectivity index (χ2n) is 8.95. The van der Waals surface area contributed by atoms with Crippen LogP contribution >= 0.6 is 24.0 Å². The summed E-state index contributed by atoms with van der Waals surface area (Å²) in [6.45, 7) is 10.3. The van der Waals surface area contributed by atoms with Crippen LogP contribution in [0, 0.1) is 12.8 Å². The first-order valence-electron chi connectivity index (χ1n) is 11.6. The van der Waals surface area contributed by atoms with E-state index in [-0.39, 0.29) is 24.0 Å². The zero-order chi connectivity index (χ0) is 22.3. The summed E-state index contributed by atoms with van der Waals surface area (Å²) in [6, 6.07) is 9.09. The first-order valence-corrected chi connectivity index (χ1v) is 13.5. The van der Waals surface area contributed by atoms with Crippen molar-refractivity contribution in [3.8, 4) is 0 Å². The van der Waals surface area contributed by atoms with E-state index in [9.17, 15) is 8.42 Å². The third kappa shape index (κ3) is 8.46. The van der Waals surface area contributed by atoms with Gasteiger partial charge in [0.2, 0.25) is 10.0 Å². The molecule has 0 saturated carbocycles. The minimum atomic E-state index is -3.07. The van der Waals surface area contributed by atoms with Crippen LogP contribution in [0.1, 0.15) is 43.7 Å². The molecule has 2 N–H and O–H groups in total. The molecule has 2 saturated heterocycles. The minimum Gasteiger partial charge on any atom is -0.357 e. The van der Waals surface area contributed by atoms with Crippen molar-refractivity contribution >= 4 is 40.0 Å². The topological polar surface area (TPSA) is 77.0 Å². The number of rotatable bonds is 7. The van der Waals surface area contributed by atoms with E-state index in [2.05, 4.69) is 53.6 Å². The first kappa shape index (κ1) is 27.3. The van der Waals surface area contributed by atoms with Gasteiger partial charge in [0.05, 0.1) is 6.26 Å². The number of hydrogen-bond donors (Lipinski definition) is 2. The second kappa shape index (κ2) is 13.1. The standard InChI is InChI=1S/C23H39N5O2S.HI/c1-4-24-23(25-17-20-9-15-28(16-10-20)31(3,29)30)26-22-11-13-27(14-12-22)18-21-8-6-5-7-19(21)2;/h5-8,20,22H,4,9-18H2,1-3H3,(H2,24,25,26);1H. The van der Waals surface area contributed by atoms with Crippen molar-refractivity contribution in [1.82, 2.24) is 19.8 Å². The fraction of sp³-hybridized carbons (Fsp3) is 0.696. The molecule has 2 fully saturated rings. The Labute approximate surface area is 211 Å². The van der Waals surface area contributed by atoms with E-state index >= 15 is 0 Å². The number of sulfonamides is 1. The molecule has 2 aliphatic rings. The SMILES string of the molecule is CCNC(=NCC1CCN(S(C)(=O)=O)CC1)NC1CCN(Cc2ccccc2C)CC1.I. The Morgan fingerprint density at radius 2 is 1.75 bits per heavy atom. The van der Waals surface area contributed by atoms with Crippen molar-refractivity contribution in [3.63, 3.8) is 0 Å². The summed E-state index contributed by atoms with van der Waals surface area (Å²) < 4.78 is 24.9.